The number of carbonyl (C=O) groups excluding carboxylic acids is 2. The number of hydrogen-bond donors (Lipinski definition) is 0. The SMILES string of the molecule is O=C(Cc1ccc2c(c1)OCCO2)N1CC(N2CCCC2=O)C(C2CCC(Br)CC2)=N1. The van der Waals surface area contributed by atoms with Gasteiger partial charge in [0, 0.05) is 23.7 Å². The number of halogens is 1. The van der Waals surface area contributed by atoms with E-state index in [0.717, 1.165) is 55.7 Å². The van der Waals surface area contributed by atoms with Crippen LogP contribution in [0.4, 0.5) is 0 Å². The van der Waals surface area contributed by atoms with E-state index in [2.05, 4.69) is 15.9 Å². The van der Waals surface area contributed by atoms with Crippen molar-refractivity contribution in [1.82, 2.24) is 9.91 Å². The number of alkyl halides is 1. The summed E-state index contributed by atoms with van der Waals surface area (Å²) in [5.74, 6) is 1.90. The number of nitrogens with zero attached hydrogens (tertiary/aromatic N) is 3. The van der Waals surface area contributed by atoms with Gasteiger partial charge >= 0.3 is 0 Å². The molecule has 8 heteroatoms. The van der Waals surface area contributed by atoms with Gasteiger partial charge in [0.15, 0.2) is 11.5 Å². The molecule has 1 aromatic carbocycles. The molecule has 1 atom stereocenters. The van der Waals surface area contributed by atoms with E-state index < -0.39 is 0 Å². The van der Waals surface area contributed by atoms with Gasteiger partial charge in [-0.15, -0.1) is 0 Å². The number of fused-ring (bicyclic) bond motifs is 1. The Morgan fingerprint density at radius 1 is 1.13 bits per heavy atom. The Morgan fingerprint density at radius 3 is 2.65 bits per heavy atom. The Hall–Kier alpha value is -2.09. The van der Waals surface area contributed by atoms with Crippen LogP contribution >= 0.6 is 15.9 Å². The fourth-order valence-corrected chi connectivity index (χ4v) is 5.61. The molecule has 166 valence electrons. The summed E-state index contributed by atoms with van der Waals surface area (Å²) in [5.41, 5.74) is 1.91. The molecular formula is C23H28BrN3O4. The molecule has 31 heavy (non-hydrogen) atoms. The second-order valence-corrected chi connectivity index (χ2v) is 10.1. The molecule has 2 amide bonds. The number of benzene rings is 1. The third-order valence-corrected chi connectivity index (χ3v) is 7.65. The standard InChI is InChI=1S/C23H28BrN3O4/c24-17-6-4-16(5-7-17)23-18(26-9-1-2-21(26)28)14-27(25-23)22(29)13-15-3-8-19-20(12-15)31-11-10-30-19/h3,8,12,16-18H,1-2,4-7,9-11,13-14H2. The first kappa shape index (κ1) is 20.8. The van der Waals surface area contributed by atoms with Gasteiger partial charge in [0.1, 0.15) is 13.2 Å². The van der Waals surface area contributed by atoms with Crippen molar-refractivity contribution < 1.29 is 19.1 Å². The first-order valence-electron chi connectivity index (χ1n) is 11.3. The summed E-state index contributed by atoms with van der Waals surface area (Å²) in [7, 11) is 0. The summed E-state index contributed by atoms with van der Waals surface area (Å²) in [6.45, 7) is 2.30. The van der Waals surface area contributed by atoms with Crippen LogP contribution in [0.1, 0.15) is 44.1 Å². The maximum Gasteiger partial charge on any atom is 0.247 e. The average Bonchev–Trinajstić information content (AvgIpc) is 3.40. The zero-order valence-electron chi connectivity index (χ0n) is 17.6. The molecular weight excluding hydrogens is 462 g/mol. The zero-order valence-corrected chi connectivity index (χ0v) is 19.2. The van der Waals surface area contributed by atoms with Gasteiger partial charge in [-0.25, -0.2) is 5.01 Å². The molecule has 3 heterocycles. The summed E-state index contributed by atoms with van der Waals surface area (Å²) in [6, 6.07) is 5.58. The quantitative estimate of drug-likeness (QED) is 0.609. The van der Waals surface area contributed by atoms with E-state index in [-0.39, 0.29) is 24.3 Å². The molecule has 2 fully saturated rings. The third-order valence-electron chi connectivity index (χ3n) is 6.73. The number of rotatable bonds is 4. The van der Waals surface area contributed by atoms with Gasteiger partial charge in [0.2, 0.25) is 11.8 Å². The minimum Gasteiger partial charge on any atom is -0.486 e. The number of amides is 2. The fraction of sp³-hybridized carbons (Fsp3) is 0.609. The molecule has 4 aliphatic rings. The lowest BCUT2D eigenvalue weighted by atomic mass is 9.83. The molecule has 0 spiro atoms. The number of hydrogen-bond acceptors (Lipinski definition) is 5. The van der Waals surface area contributed by atoms with E-state index in [4.69, 9.17) is 14.6 Å². The number of likely N-dealkylation sites (tertiary alicyclic amines) is 1. The summed E-state index contributed by atoms with van der Waals surface area (Å²) < 4.78 is 11.2. The lowest BCUT2D eigenvalue weighted by Gasteiger charge is -2.31. The highest BCUT2D eigenvalue weighted by molar-refractivity contribution is 9.09. The van der Waals surface area contributed by atoms with Crippen LogP contribution in [-0.2, 0) is 16.0 Å². The maximum absolute atomic E-state index is 13.1. The Morgan fingerprint density at radius 2 is 1.90 bits per heavy atom. The van der Waals surface area contributed by atoms with E-state index in [0.29, 0.717) is 42.7 Å². The molecule has 1 saturated heterocycles. The van der Waals surface area contributed by atoms with Crippen LogP contribution in [0.3, 0.4) is 0 Å². The minimum absolute atomic E-state index is 0.0440. The van der Waals surface area contributed by atoms with Crippen molar-refractivity contribution in [2.24, 2.45) is 11.0 Å². The molecule has 3 aliphatic heterocycles. The van der Waals surface area contributed by atoms with E-state index in [1.807, 2.05) is 23.1 Å². The molecule has 1 aromatic rings. The van der Waals surface area contributed by atoms with Gasteiger partial charge in [0.05, 0.1) is 24.7 Å². The average molecular weight is 490 g/mol. The van der Waals surface area contributed by atoms with Crippen molar-refractivity contribution in [2.75, 3.05) is 26.3 Å². The van der Waals surface area contributed by atoms with Gasteiger partial charge < -0.3 is 14.4 Å². The highest BCUT2D eigenvalue weighted by Crippen LogP contribution is 2.35. The predicted octanol–water partition coefficient (Wildman–Crippen LogP) is 3.14. The number of ether oxygens (including phenoxy) is 2. The largest absolute Gasteiger partial charge is 0.486 e. The van der Waals surface area contributed by atoms with Gasteiger partial charge in [-0.3, -0.25) is 9.59 Å². The topological polar surface area (TPSA) is 71.4 Å². The third kappa shape index (κ3) is 4.31. The Balaban J connectivity index is 1.33. The molecule has 0 aromatic heterocycles. The predicted molar refractivity (Wildman–Crippen MR) is 120 cm³/mol. The number of hydrazone groups is 1. The first-order valence-corrected chi connectivity index (χ1v) is 12.2. The highest BCUT2D eigenvalue weighted by Gasteiger charge is 2.41. The second kappa shape index (κ2) is 8.81. The smallest absolute Gasteiger partial charge is 0.247 e. The van der Waals surface area contributed by atoms with Crippen molar-refractivity contribution in [2.45, 2.75) is 55.8 Å². The van der Waals surface area contributed by atoms with Gasteiger partial charge in [-0.2, -0.15) is 5.10 Å². The van der Waals surface area contributed by atoms with E-state index in [1.54, 1.807) is 5.01 Å². The number of carbonyl (C=O) groups is 2. The minimum atomic E-state index is -0.0731. The molecule has 0 N–H and O–H groups in total. The normalized spacial score (nSPS) is 28.1. The summed E-state index contributed by atoms with van der Waals surface area (Å²) in [6.07, 6.45) is 6.06. The molecule has 1 saturated carbocycles. The van der Waals surface area contributed by atoms with Crippen molar-refractivity contribution >= 4 is 33.5 Å². The van der Waals surface area contributed by atoms with Crippen LogP contribution in [-0.4, -0.2) is 64.6 Å². The monoisotopic (exact) mass is 489 g/mol. The van der Waals surface area contributed by atoms with Crippen molar-refractivity contribution in [3.63, 3.8) is 0 Å². The highest BCUT2D eigenvalue weighted by atomic mass is 79.9. The Labute approximate surface area is 190 Å². The van der Waals surface area contributed by atoms with Crippen LogP contribution in [0.2, 0.25) is 0 Å². The van der Waals surface area contributed by atoms with Crippen LogP contribution in [0.15, 0.2) is 23.3 Å². The fourth-order valence-electron chi connectivity index (χ4n) is 5.08. The van der Waals surface area contributed by atoms with E-state index in [1.165, 1.54) is 0 Å². The second-order valence-electron chi connectivity index (χ2n) is 8.81. The van der Waals surface area contributed by atoms with Crippen LogP contribution in [0, 0.1) is 5.92 Å². The zero-order chi connectivity index (χ0) is 21.4. The molecule has 7 nitrogen and oxygen atoms in total. The Kier molecular flexibility index (Phi) is 5.91. The van der Waals surface area contributed by atoms with Crippen molar-refractivity contribution in [3.05, 3.63) is 23.8 Å². The van der Waals surface area contributed by atoms with Crippen LogP contribution in [0.25, 0.3) is 0 Å². The molecule has 1 aliphatic carbocycles. The van der Waals surface area contributed by atoms with Crippen LogP contribution < -0.4 is 9.47 Å². The summed E-state index contributed by atoms with van der Waals surface area (Å²) in [4.78, 5) is 28.1. The van der Waals surface area contributed by atoms with Gasteiger partial charge in [-0.05, 0) is 49.8 Å². The Bertz CT molecular complexity index is 897. The summed E-state index contributed by atoms with van der Waals surface area (Å²) >= 11 is 3.73. The molecule has 0 bridgehead atoms. The van der Waals surface area contributed by atoms with E-state index >= 15 is 0 Å². The van der Waals surface area contributed by atoms with Crippen LogP contribution in [0.5, 0.6) is 11.5 Å². The lowest BCUT2D eigenvalue weighted by Crippen LogP contribution is -2.46. The van der Waals surface area contributed by atoms with Crippen molar-refractivity contribution in [3.8, 4) is 11.5 Å². The van der Waals surface area contributed by atoms with Gasteiger partial charge in [-0.1, -0.05) is 22.0 Å². The molecule has 1 unspecified atom stereocenters. The first-order chi connectivity index (χ1) is 15.1. The maximum atomic E-state index is 13.1. The van der Waals surface area contributed by atoms with E-state index in [9.17, 15) is 9.59 Å². The van der Waals surface area contributed by atoms with Crippen molar-refractivity contribution in [1.29, 1.82) is 0 Å². The lowest BCUT2D eigenvalue weighted by molar-refractivity contribution is -0.133. The summed E-state index contributed by atoms with van der Waals surface area (Å²) in [5, 5.41) is 6.42. The molecule has 5 rings (SSSR count). The molecule has 0 radical (unpaired) electrons. The van der Waals surface area contributed by atoms with Gasteiger partial charge in [0.25, 0.3) is 0 Å².